The zero-order valence-corrected chi connectivity index (χ0v) is 12.4. The molecule has 0 aliphatic carbocycles. The standard InChI is InChI=1S/C15H18N2O5/c1-17(2)14(19)10(8-9-6-4-3-5-7-9)16-13(18)11-12(22-11)15(20)21/h3-7,10-12H,8H2,1-2H3,(H,16,18)(H,20,21)/t10-,11-,12-/m0/s1. The van der Waals surface area contributed by atoms with Crippen molar-refractivity contribution in [1.29, 1.82) is 0 Å². The molecule has 7 nitrogen and oxygen atoms in total. The Hall–Kier alpha value is -2.41. The van der Waals surface area contributed by atoms with E-state index in [-0.39, 0.29) is 5.91 Å². The van der Waals surface area contributed by atoms with Gasteiger partial charge >= 0.3 is 5.97 Å². The van der Waals surface area contributed by atoms with E-state index >= 15 is 0 Å². The van der Waals surface area contributed by atoms with Crippen molar-refractivity contribution >= 4 is 17.8 Å². The molecule has 118 valence electrons. The number of carbonyl (C=O) groups excluding carboxylic acids is 2. The lowest BCUT2D eigenvalue weighted by Crippen LogP contribution is -2.49. The average Bonchev–Trinajstić information content (AvgIpc) is 3.27. The summed E-state index contributed by atoms with van der Waals surface area (Å²) in [7, 11) is 3.19. The lowest BCUT2D eigenvalue weighted by Gasteiger charge is -2.21. The number of hydrogen-bond acceptors (Lipinski definition) is 4. The number of nitrogens with zero attached hydrogens (tertiary/aromatic N) is 1. The number of carbonyl (C=O) groups is 3. The van der Waals surface area contributed by atoms with E-state index in [1.165, 1.54) is 4.90 Å². The predicted octanol–water partition coefficient (Wildman–Crippen LogP) is -0.346. The van der Waals surface area contributed by atoms with E-state index in [1.54, 1.807) is 14.1 Å². The van der Waals surface area contributed by atoms with Crippen LogP contribution >= 0.6 is 0 Å². The van der Waals surface area contributed by atoms with E-state index in [1.807, 2.05) is 30.3 Å². The summed E-state index contributed by atoms with van der Waals surface area (Å²) >= 11 is 0. The molecule has 2 amide bonds. The topological polar surface area (TPSA) is 99.2 Å². The third-order valence-corrected chi connectivity index (χ3v) is 3.33. The monoisotopic (exact) mass is 306 g/mol. The summed E-state index contributed by atoms with van der Waals surface area (Å²) in [6.45, 7) is 0. The number of ether oxygens (including phenoxy) is 1. The molecule has 3 atom stereocenters. The molecule has 1 heterocycles. The van der Waals surface area contributed by atoms with Crippen LogP contribution in [-0.2, 0) is 25.5 Å². The van der Waals surface area contributed by atoms with Crippen molar-refractivity contribution in [2.45, 2.75) is 24.7 Å². The Kier molecular flexibility index (Phi) is 4.77. The molecule has 22 heavy (non-hydrogen) atoms. The fourth-order valence-corrected chi connectivity index (χ4v) is 2.11. The van der Waals surface area contributed by atoms with Crippen LogP contribution in [0.1, 0.15) is 5.56 Å². The quantitative estimate of drug-likeness (QED) is 0.700. The molecule has 2 rings (SSSR count). The number of hydrogen-bond donors (Lipinski definition) is 2. The Morgan fingerprint density at radius 3 is 2.36 bits per heavy atom. The van der Waals surface area contributed by atoms with Gasteiger partial charge in [0.2, 0.25) is 5.91 Å². The number of nitrogens with one attached hydrogen (secondary N) is 1. The van der Waals surface area contributed by atoms with E-state index in [0.717, 1.165) is 5.56 Å². The number of amides is 2. The number of carboxylic acids is 1. The molecule has 0 radical (unpaired) electrons. The van der Waals surface area contributed by atoms with Crippen LogP contribution in [0.15, 0.2) is 30.3 Å². The van der Waals surface area contributed by atoms with Gasteiger partial charge in [-0.3, -0.25) is 9.59 Å². The molecule has 0 bridgehead atoms. The summed E-state index contributed by atoms with van der Waals surface area (Å²) in [6.07, 6.45) is -1.81. The lowest BCUT2D eigenvalue weighted by atomic mass is 10.0. The first-order valence-corrected chi connectivity index (χ1v) is 6.84. The molecule has 1 aliphatic heterocycles. The van der Waals surface area contributed by atoms with Gasteiger partial charge in [0.05, 0.1) is 0 Å². The van der Waals surface area contributed by atoms with E-state index in [4.69, 9.17) is 9.84 Å². The smallest absolute Gasteiger partial charge is 0.336 e. The molecule has 1 aliphatic rings. The average molecular weight is 306 g/mol. The zero-order chi connectivity index (χ0) is 16.3. The van der Waals surface area contributed by atoms with Gasteiger partial charge in [-0.25, -0.2) is 4.79 Å². The number of epoxide rings is 1. The largest absolute Gasteiger partial charge is 0.479 e. The number of aliphatic carboxylic acids is 1. The molecule has 1 saturated heterocycles. The minimum atomic E-state index is -1.18. The van der Waals surface area contributed by atoms with Crippen molar-refractivity contribution in [3.05, 3.63) is 35.9 Å². The van der Waals surface area contributed by atoms with E-state index in [0.29, 0.717) is 6.42 Å². The Bertz CT molecular complexity index is 573. The summed E-state index contributed by atoms with van der Waals surface area (Å²) in [6, 6.07) is 8.51. The molecular weight excluding hydrogens is 288 g/mol. The Morgan fingerprint density at radius 2 is 1.86 bits per heavy atom. The van der Waals surface area contributed by atoms with Gasteiger partial charge in [-0.1, -0.05) is 30.3 Å². The number of benzene rings is 1. The fourth-order valence-electron chi connectivity index (χ4n) is 2.11. The second-order valence-electron chi connectivity index (χ2n) is 5.30. The van der Waals surface area contributed by atoms with Crippen molar-refractivity contribution < 1.29 is 24.2 Å². The molecular formula is C15H18N2O5. The minimum Gasteiger partial charge on any atom is -0.479 e. The second-order valence-corrected chi connectivity index (χ2v) is 5.30. The fraction of sp³-hybridized carbons (Fsp3) is 0.400. The molecule has 1 fully saturated rings. The summed E-state index contributed by atoms with van der Waals surface area (Å²) in [5, 5.41) is 11.3. The summed E-state index contributed by atoms with van der Waals surface area (Å²) in [5.41, 5.74) is 0.898. The maximum Gasteiger partial charge on any atom is 0.336 e. The predicted molar refractivity (Wildman–Crippen MR) is 77.1 cm³/mol. The van der Waals surface area contributed by atoms with E-state index in [9.17, 15) is 14.4 Å². The Balaban J connectivity index is 2.04. The van der Waals surface area contributed by atoms with Crippen LogP contribution in [0.4, 0.5) is 0 Å². The van der Waals surface area contributed by atoms with Gasteiger partial charge < -0.3 is 20.1 Å². The first-order valence-electron chi connectivity index (χ1n) is 6.84. The van der Waals surface area contributed by atoms with E-state index in [2.05, 4.69) is 5.32 Å². The van der Waals surface area contributed by atoms with Crippen LogP contribution in [0.2, 0.25) is 0 Å². The molecule has 0 aromatic heterocycles. The molecule has 1 aromatic rings. The van der Waals surface area contributed by atoms with Crippen LogP contribution in [0, 0.1) is 0 Å². The first-order chi connectivity index (χ1) is 10.4. The highest BCUT2D eigenvalue weighted by Crippen LogP contribution is 2.22. The van der Waals surface area contributed by atoms with Crippen LogP contribution < -0.4 is 5.32 Å². The zero-order valence-electron chi connectivity index (χ0n) is 12.4. The lowest BCUT2D eigenvalue weighted by molar-refractivity contribution is -0.138. The van der Waals surface area contributed by atoms with Gasteiger partial charge in [0.15, 0.2) is 12.2 Å². The maximum atomic E-state index is 12.2. The van der Waals surface area contributed by atoms with Gasteiger partial charge in [-0.2, -0.15) is 0 Å². The SMILES string of the molecule is CN(C)C(=O)[C@H](Cc1ccccc1)NC(=O)[C@H]1O[C@@H]1C(=O)O. The highest BCUT2D eigenvalue weighted by Gasteiger charge is 2.51. The van der Waals surface area contributed by atoms with Crippen LogP contribution in [0.3, 0.4) is 0 Å². The van der Waals surface area contributed by atoms with Gasteiger partial charge in [0.25, 0.3) is 5.91 Å². The highest BCUT2D eigenvalue weighted by molar-refractivity contribution is 5.95. The minimum absolute atomic E-state index is 0.260. The van der Waals surface area contributed by atoms with Crippen LogP contribution in [-0.4, -0.2) is 60.1 Å². The number of carboxylic acid groups (broad SMARTS) is 1. The normalized spacial score (nSPS) is 20.8. The molecule has 0 unspecified atom stereocenters. The maximum absolute atomic E-state index is 12.2. The number of rotatable bonds is 6. The number of likely N-dealkylation sites (N-methyl/N-ethyl adjacent to an activating group) is 1. The summed E-state index contributed by atoms with van der Waals surface area (Å²) in [4.78, 5) is 36.3. The van der Waals surface area contributed by atoms with Crippen molar-refractivity contribution in [1.82, 2.24) is 10.2 Å². The summed E-state index contributed by atoms with van der Waals surface area (Å²) in [5.74, 6) is -2.02. The first kappa shape index (κ1) is 16.0. The summed E-state index contributed by atoms with van der Waals surface area (Å²) < 4.78 is 4.80. The van der Waals surface area contributed by atoms with E-state index < -0.39 is 30.1 Å². The highest BCUT2D eigenvalue weighted by atomic mass is 16.6. The van der Waals surface area contributed by atoms with Crippen molar-refractivity contribution in [2.75, 3.05) is 14.1 Å². The third-order valence-electron chi connectivity index (χ3n) is 3.33. The van der Waals surface area contributed by atoms with Crippen molar-refractivity contribution in [3.8, 4) is 0 Å². The van der Waals surface area contributed by atoms with Gasteiger partial charge in [-0.15, -0.1) is 0 Å². The second kappa shape index (κ2) is 6.57. The molecule has 2 N–H and O–H groups in total. The Labute approximate surface area is 127 Å². The van der Waals surface area contributed by atoms with Gasteiger partial charge in [0.1, 0.15) is 6.04 Å². The Morgan fingerprint density at radius 1 is 1.23 bits per heavy atom. The molecule has 1 aromatic carbocycles. The molecule has 0 spiro atoms. The van der Waals surface area contributed by atoms with Crippen molar-refractivity contribution in [3.63, 3.8) is 0 Å². The van der Waals surface area contributed by atoms with Crippen LogP contribution in [0.25, 0.3) is 0 Å². The van der Waals surface area contributed by atoms with Gasteiger partial charge in [-0.05, 0) is 5.56 Å². The molecule has 0 saturated carbocycles. The third kappa shape index (κ3) is 3.82. The molecule has 7 heteroatoms. The van der Waals surface area contributed by atoms with Crippen molar-refractivity contribution in [2.24, 2.45) is 0 Å². The van der Waals surface area contributed by atoms with Gasteiger partial charge in [0, 0.05) is 20.5 Å². The van der Waals surface area contributed by atoms with Crippen LogP contribution in [0.5, 0.6) is 0 Å².